The Balaban J connectivity index is 1.93. The van der Waals surface area contributed by atoms with E-state index in [4.69, 9.17) is 4.74 Å². The van der Waals surface area contributed by atoms with E-state index in [-0.39, 0.29) is 5.91 Å². The molecule has 18 heavy (non-hydrogen) atoms. The Morgan fingerprint density at radius 1 is 1.33 bits per heavy atom. The minimum absolute atomic E-state index is 0.242. The SMILES string of the molecule is COc1ccc(CNC(=O)c2ccncn2)cn1. The third kappa shape index (κ3) is 3.00. The number of carbonyl (C=O) groups is 1. The molecular weight excluding hydrogens is 232 g/mol. The molecule has 1 N–H and O–H groups in total. The highest BCUT2D eigenvalue weighted by atomic mass is 16.5. The van der Waals surface area contributed by atoms with Gasteiger partial charge in [-0.25, -0.2) is 15.0 Å². The fraction of sp³-hybridized carbons (Fsp3) is 0.167. The Kier molecular flexibility index (Phi) is 3.80. The lowest BCUT2D eigenvalue weighted by atomic mass is 10.3. The largest absolute Gasteiger partial charge is 0.481 e. The zero-order valence-electron chi connectivity index (χ0n) is 9.83. The molecule has 92 valence electrons. The molecule has 0 aliphatic rings. The molecule has 6 nitrogen and oxygen atoms in total. The van der Waals surface area contributed by atoms with Crippen LogP contribution in [-0.2, 0) is 6.54 Å². The Hall–Kier alpha value is -2.50. The number of amides is 1. The van der Waals surface area contributed by atoms with Crippen molar-refractivity contribution in [3.63, 3.8) is 0 Å². The van der Waals surface area contributed by atoms with Crippen LogP contribution in [0.15, 0.2) is 36.9 Å². The summed E-state index contributed by atoms with van der Waals surface area (Å²) in [6.45, 7) is 0.389. The first-order chi connectivity index (χ1) is 8.79. The van der Waals surface area contributed by atoms with Gasteiger partial charge in [0.05, 0.1) is 7.11 Å². The summed E-state index contributed by atoms with van der Waals surface area (Å²) in [4.78, 5) is 23.4. The number of methoxy groups -OCH3 is 1. The van der Waals surface area contributed by atoms with Crippen molar-refractivity contribution in [1.29, 1.82) is 0 Å². The van der Waals surface area contributed by atoms with E-state index >= 15 is 0 Å². The monoisotopic (exact) mass is 244 g/mol. The lowest BCUT2D eigenvalue weighted by Gasteiger charge is -2.05. The van der Waals surface area contributed by atoms with E-state index in [9.17, 15) is 4.79 Å². The lowest BCUT2D eigenvalue weighted by molar-refractivity contribution is 0.0945. The first kappa shape index (κ1) is 12.0. The van der Waals surface area contributed by atoms with Crippen molar-refractivity contribution in [3.8, 4) is 5.88 Å². The van der Waals surface area contributed by atoms with Crippen molar-refractivity contribution in [1.82, 2.24) is 20.3 Å². The normalized spacial score (nSPS) is 9.83. The van der Waals surface area contributed by atoms with E-state index in [1.54, 1.807) is 25.4 Å². The van der Waals surface area contributed by atoms with E-state index in [1.807, 2.05) is 6.07 Å². The summed E-state index contributed by atoms with van der Waals surface area (Å²) >= 11 is 0. The third-order valence-corrected chi connectivity index (χ3v) is 2.27. The first-order valence-electron chi connectivity index (χ1n) is 5.32. The molecule has 0 spiro atoms. The van der Waals surface area contributed by atoms with Crippen LogP contribution in [0.2, 0.25) is 0 Å². The van der Waals surface area contributed by atoms with Gasteiger partial charge >= 0.3 is 0 Å². The van der Waals surface area contributed by atoms with Crippen molar-refractivity contribution in [2.75, 3.05) is 7.11 Å². The maximum atomic E-state index is 11.7. The van der Waals surface area contributed by atoms with Crippen molar-refractivity contribution < 1.29 is 9.53 Å². The minimum Gasteiger partial charge on any atom is -0.481 e. The summed E-state index contributed by atoms with van der Waals surface area (Å²) in [5.41, 5.74) is 1.23. The van der Waals surface area contributed by atoms with E-state index in [0.717, 1.165) is 5.56 Å². The fourth-order valence-electron chi connectivity index (χ4n) is 1.33. The molecular formula is C12H12N4O2. The van der Waals surface area contributed by atoms with Crippen molar-refractivity contribution in [3.05, 3.63) is 48.2 Å². The van der Waals surface area contributed by atoms with Gasteiger partial charge in [-0.15, -0.1) is 0 Å². The molecule has 0 radical (unpaired) electrons. The molecule has 0 saturated carbocycles. The first-order valence-corrected chi connectivity index (χ1v) is 5.32. The number of carbonyl (C=O) groups excluding carboxylic acids is 1. The molecule has 0 atom stereocenters. The highest BCUT2D eigenvalue weighted by Crippen LogP contribution is 2.06. The maximum Gasteiger partial charge on any atom is 0.270 e. The van der Waals surface area contributed by atoms with Crippen molar-refractivity contribution in [2.24, 2.45) is 0 Å². The maximum absolute atomic E-state index is 11.7. The van der Waals surface area contributed by atoms with Crippen LogP contribution in [-0.4, -0.2) is 28.0 Å². The number of aromatic nitrogens is 3. The summed E-state index contributed by atoms with van der Waals surface area (Å²) in [6, 6.07) is 5.14. The number of nitrogens with one attached hydrogen (secondary N) is 1. The van der Waals surface area contributed by atoms with Crippen LogP contribution in [0.1, 0.15) is 16.1 Å². The zero-order valence-corrected chi connectivity index (χ0v) is 9.83. The molecule has 0 aliphatic carbocycles. The molecule has 2 aromatic rings. The highest BCUT2D eigenvalue weighted by molar-refractivity contribution is 5.91. The highest BCUT2D eigenvalue weighted by Gasteiger charge is 2.05. The molecule has 1 amide bonds. The Morgan fingerprint density at radius 3 is 2.83 bits per heavy atom. The molecule has 2 aromatic heterocycles. The van der Waals surface area contributed by atoms with Gasteiger partial charge < -0.3 is 10.1 Å². The second-order valence-electron chi connectivity index (χ2n) is 3.49. The summed E-state index contributed by atoms with van der Waals surface area (Å²) in [5.74, 6) is 0.300. The van der Waals surface area contributed by atoms with E-state index in [0.29, 0.717) is 18.1 Å². The quantitative estimate of drug-likeness (QED) is 0.861. The van der Waals surface area contributed by atoms with Crippen LogP contribution in [0, 0.1) is 0 Å². The third-order valence-electron chi connectivity index (χ3n) is 2.27. The van der Waals surface area contributed by atoms with Crippen LogP contribution in [0.25, 0.3) is 0 Å². The molecule has 0 saturated heterocycles. The predicted octanol–water partition coefficient (Wildman–Crippen LogP) is 0.810. The summed E-state index contributed by atoms with van der Waals surface area (Å²) in [7, 11) is 1.55. The van der Waals surface area contributed by atoms with E-state index in [2.05, 4.69) is 20.3 Å². The van der Waals surface area contributed by atoms with Gasteiger partial charge in [0, 0.05) is 25.0 Å². The van der Waals surface area contributed by atoms with Crippen LogP contribution in [0.3, 0.4) is 0 Å². The van der Waals surface area contributed by atoms with Crippen LogP contribution in [0.5, 0.6) is 5.88 Å². The number of hydrogen-bond donors (Lipinski definition) is 1. The Morgan fingerprint density at radius 2 is 2.22 bits per heavy atom. The number of hydrogen-bond acceptors (Lipinski definition) is 5. The Labute approximate surface area is 104 Å². The zero-order chi connectivity index (χ0) is 12.8. The Bertz CT molecular complexity index is 513. The number of rotatable bonds is 4. The smallest absolute Gasteiger partial charge is 0.270 e. The second kappa shape index (κ2) is 5.72. The molecule has 2 heterocycles. The molecule has 0 fully saturated rings. The molecule has 0 aromatic carbocycles. The summed E-state index contributed by atoms with van der Waals surface area (Å²) in [5, 5.41) is 2.74. The van der Waals surface area contributed by atoms with Crippen LogP contribution in [0.4, 0.5) is 0 Å². The fourth-order valence-corrected chi connectivity index (χ4v) is 1.33. The van der Waals surface area contributed by atoms with Gasteiger partial charge in [0.1, 0.15) is 12.0 Å². The standard InChI is InChI=1S/C12H12N4O2/c1-18-11-3-2-9(6-14-11)7-15-12(17)10-4-5-13-8-16-10/h2-6,8H,7H2,1H3,(H,15,17). The second-order valence-corrected chi connectivity index (χ2v) is 3.49. The van der Waals surface area contributed by atoms with Crippen LogP contribution >= 0.6 is 0 Å². The number of nitrogens with zero attached hydrogens (tertiary/aromatic N) is 3. The molecule has 0 unspecified atom stereocenters. The van der Waals surface area contributed by atoms with Gasteiger partial charge in [-0.2, -0.15) is 0 Å². The summed E-state index contributed by atoms with van der Waals surface area (Å²) in [6.07, 6.45) is 4.51. The van der Waals surface area contributed by atoms with Gasteiger partial charge in [-0.3, -0.25) is 4.79 Å². The molecule has 2 rings (SSSR count). The van der Waals surface area contributed by atoms with Crippen molar-refractivity contribution in [2.45, 2.75) is 6.54 Å². The summed E-state index contributed by atoms with van der Waals surface area (Å²) < 4.78 is 4.95. The minimum atomic E-state index is -0.242. The molecule has 0 aliphatic heterocycles. The average Bonchev–Trinajstić information content (AvgIpc) is 2.46. The number of ether oxygens (including phenoxy) is 1. The van der Waals surface area contributed by atoms with E-state index < -0.39 is 0 Å². The average molecular weight is 244 g/mol. The van der Waals surface area contributed by atoms with Gasteiger partial charge in [-0.05, 0) is 11.6 Å². The van der Waals surface area contributed by atoms with Gasteiger partial charge in [0.25, 0.3) is 5.91 Å². The lowest BCUT2D eigenvalue weighted by Crippen LogP contribution is -2.23. The van der Waals surface area contributed by atoms with Crippen LogP contribution < -0.4 is 10.1 Å². The van der Waals surface area contributed by atoms with Crippen molar-refractivity contribution >= 4 is 5.91 Å². The van der Waals surface area contributed by atoms with E-state index in [1.165, 1.54) is 12.5 Å². The van der Waals surface area contributed by atoms with Gasteiger partial charge in [0.15, 0.2) is 0 Å². The molecule has 0 bridgehead atoms. The predicted molar refractivity (Wildman–Crippen MR) is 64.0 cm³/mol. The topological polar surface area (TPSA) is 77.0 Å². The molecule has 6 heteroatoms. The van der Waals surface area contributed by atoms with Gasteiger partial charge in [0.2, 0.25) is 5.88 Å². The van der Waals surface area contributed by atoms with Gasteiger partial charge in [-0.1, -0.05) is 6.07 Å². The number of pyridine rings is 1.